The predicted molar refractivity (Wildman–Crippen MR) is 76.8 cm³/mol. The molecule has 0 unspecified atom stereocenters. The first kappa shape index (κ1) is 14.3. The fraction of sp³-hybridized carbons (Fsp3) is 0.455. The van der Waals surface area contributed by atoms with Crippen LogP contribution in [0.25, 0.3) is 0 Å². The zero-order valence-electron chi connectivity index (χ0n) is 11.0. The fourth-order valence-electron chi connectivity index (χ4n) is 1.89. The van der Waals surface area contributed by atoms with Crippen molar-refractivity contribution < 1.29 is 10.0 Å². The molecule has 8 nitrogen and oxygen atoms in total. The summed E-state index contributed by atoms with van der Waals surface area (Å²) in [7, 11) is 0. The van der Waals surface area contributed by atoms with Crippen LogP contribution in [0.3, 0.4) is 0 Å². The second-order valence-corrected chi connectivity index (χ2v) is 7.09. The van der Waals surface area contributed by atoms with Crippen LogP contribution in [-0.4, -0.2) is 24.8 Å². The first-order valence-electron chi connectivity index (χ1n) is 6.28. The third-order valence-corrected chi connectivity index (χ3v) is 5.53. The Morgan fingerprint density at radius 2 is 2.38 bits per heavy atom. The van der Waals surface area contributed by atoms with Gasteiger partial charge in [-0.05, 0) is 31.5 Å². The molecule has 112 valence electrons. The Balaban J connectivity index is 1.98. The molecule has 2 heterocycles. The third kappa shape index (κ3) is 2.74. The minimum Gasteiger partial charge on any atom is -0.388 e. The van der Waals surface area contributed by atoms with Gasteiger partial charge in [0.05, 0.1) is 11.0 Å². The van der Waals surface area contributed by atoms with Gasteiger partial charge in [-0.15, -0.1) is 16.4 Å². The maximum atomic E-state index is 11.7. The molecule has 1 aliphatic carbocycles. The van der Waals surface area contributed by atoms with Gasteiger partial charge in [0, 0.05) is 17.0 Å². The number of nitrogens with one attached hydrogen (secondary N) is 1. The Kier molecular flexibility index (Phi) is 3.59. The molecule has 0 bridgehead atoms. The minimum atomic E-state index is -0.771. The number of aromatic nitrogens is 3. The van der Waals surface area contributed by atoms with Crippen LogP contribution < -0.4 is 5.69 Å². The van der Waals surface area contributed by atoms with Gasteiger partial charge in [-0.25, -0.2) is 9.89 Å². The van der Waals surface area contributed by atoms with Crippen LogP contribution >= 0.6 is 23.1 Å². The zero-order valence-corrected chi connectivity index (χ0v) is 12.6. The molecule has 3 rings (SSSR count). The van der Waals surface area contributed by atoms with Gasteiger partial charge in [0.15, 0.2) is 5.16 Å². The van der Waals surface area contributed by atoms with Crippen molar-refractivity contribution in [2.75, 3.05) is 0 Å². The molecule has 0 spiro atoms. The van der Waals surface area contributed by atoms with E-state index in [9.17, 15) is 20.0 Å². The van der Waals surface area contributed by atoms with Crippen LogP contribution in [-0.2, 0) is 0 Å². The van der Waals surface area contributed by atoms with Crippen molar-refractivity contribution in [3.63, 3.8) is 0 Å². The summed E-state index contributed by atoms with van der Waals surface area (Å²) in [6, 6.07) is 1.50. The van der Waals surface area contributed by atoms with Crippen LogP contribution in [0.5, 0.6) is 0 Å². The second-order valence-electron chi connectivity index (χ2n) is 4.77. The molecule has 0 radical (unpaired) electrons. The Morgan fingerprint density at radius 3 is 2.95 bits per heavy atom. The first-order chi connectivity index (χ1) is 9.97. The number of nitro groups is 1. The van der Waals surface area contributed by atoms with Crippen molar-refractivity contribution in [3.05, 3.63) is 31.5 Å². The molecule has 10 heteroatoms. The number of hydrogen-bond donors (Lipinski definition) is 2. The molecule has 1 aliphatic rings. The van der Waals surface area contributed by atoms with Crippen LogP contribution in [0.2, 0.25) is 0 Å². The summed E-state index contributed by atoms with van der Waals surface area (Å²) in [6.07, 6.45) is 1.06. The molecule has 1 atom stereocenters. The van der Waals surface area contributed by atoms with E-state index in [1.54, 1.807) is 6.92 Å². The molecule has 1 fully saturated rings. The normalized spacial score (nSPS) is 16.1. The van der Waals surface area contributed by atoms with E-state index in [0.29, 0.717) is 14.2 Å². The Hall–Kier alpha value is -1.65. The van der Waals surface area contributed by atoms with Gasteiger partial charge in [0.1, 0.15) is 4.21 Å². The molecule has 2 aromatic rings. The standard InChI is InChI=1S/C11H12N4O4S2/c1-5(16)8-4-7(15(18)19)9(20-8)21-11-13-12-10(17)14(11)6-2-3-6/h4-6,16H,2-3H2,1H3,(H,12,17)/t5-/m1/s1. The minimum absolute atomic E-state index is 0.0707. The molecule has 0 amide bonds. The highest BCUT2D eigenvalue weighted by Gasteiger charge is 2.30. The van der Waals surface area contributed by atoms with Gasteiger partial charge in [0.25, 0.3) is 5.69 Å². The number of aliphatic hydroxyl groups is 1. The van der Waals surface area contributed by atoms with Crippen molar-refractivity contribution in [2.45, 2.75) is 41.3 Å². The maximum absolute atomic E-state index is 11.7. The summed E-state index contributed by atoms with van der Waals surface area (Å²) in [5.41, 5.74) is -0.367. The molecule has 0 saturated heterocycles. The van der Waals surface area contributed by atoms with Crippen LogP contribution in [0.15, 0.2) is 20.2 Å². The van der Waals surface area contributed by atoms with Gasteiger partial charge < -0.3 is 5.11 Å². The molecule has 2 aromatic heterocycles. The average molecular weight is 328 g/mol. The number of aromatic amines is 1. The summed E-state index contributed by atoms with van der Waals surface area (Å²) in [4.78, 5) is 22.8. The van der Waals surface area contributed by atoms with E-state index in [0.717, 1.165) is 35.9 Å². The molecule has 21 heavy (non-hydrogen) atoms. The Labute approximate surface area is 127 Å². The molecular weight excluding hydrogens is 316 g/mol. The van der Waals surface area contributed by atoms with E-state index in [2.05, 4.69) is 10.2 Å². The number of H-pyrrole nitrogens is 1. The Morgan fingerprint density at radius 1 is 1.67 bits per heavy atom. The van der Waals surface area contributed by atoms with Gasteiger partial charge in [-0.3, -0.25) is 14.7 Å². The van der Waals surface area contributed by atoms with Gasteiger partial charge in [0.2, 0.25) is 0 Å². The summed E-state index contributed by atoms with van der Waals surface area (Å²) in [5, 5.41) is 27.4. The zero-order chi connectivity index (χ0) is 15.1. The van der Waals surface area contributed by atoms with Crippen LogP contribution in [0.1, 0.15) is 36.8 Å². The highest BCUT2D eigenvalue weighted by atomic mass is 32.2. The third-order valence-electron chi connectivity index (χ3n) is 3.08. The summed E-state index contributed by atoms with van der Waals surface area (Å²) in [5.74, 6) is 0. The number of hydrogen-bond acceptors (Lipinski definition) is 7. The lowest BCUT2D eigenvalue weighted by Crippen LogP contribution is -2.15. The van der Waals surface area contributed by atoms with E-state index < -0.39 is 11.0 Å². The van der Waals surface area contributed by atoms with Gasteiger partial charge in [-0.2, -0.15) is 0 Å². The molecule has 0 aliphatic heterocycles. The number of thiophene rings is 1. The molecular formula is C11H12N4O4S2. The van der Waals surface area contributed by atoms with E-state index in [-0.39, 0.29) is 17.4 Å². The van der Waals surface area contributed by atoms with E-state index >= 15 is 0 Å². The van der Waals surface area contributed by atoms with Crippen molar-refractivity contribution in [1.29, 1.82) is 0 Å². The highest BCUT2D eigenvalue weighted by Crippen LogP contribution is 2.44. The fourth-order valence-corrected chi connectivity index (χ4v) is 4.19. The molecule has 1 saturated carbocycles. The summed E-state index contributed by atoms with van der Waals surface area (Å²) < 4.78 is 1.95. The highest BCUT2D eigenvalue weighted by molar-refractivity contribution is 8.01. The Bertz CT molecular complexity index is 744. The summed E-state index contributed by atoms with van der Waals surface area (Å²) in [6.45, 7) is 1.55. The summed E-state index contributed by atoms with van der Waals surface area (Å²) >= 11 is 2.23. The first-order valence-corrected chi connectivity index (χ1v) is 7.91. The number of nitrogens with zero attached hydrogens (tertiary/aromatic N) is 3. The van der Waals surface area contributed by atoms with E-state index in [1.165, 1.54) is 10.6 Å². The number of rotatable bonds is 5. The smallest absolute Gasteiger partial charge is 0.344 e. The lowest BCUT2D eigenvalue weighted by Gasteiger charge is -2.01. The topological polar surface area (TPSA) is 114 Å². The van der Waals surface area contributed by atoms with Gasteiger partial charge in [-0.1, -0.05) is 0 Å². The van der Waals surface area contributed by atoms with E-state index in [1.807, 2.05) is 0 Å². The van der Waals surface area contributed by atoms with Crippen LogP contribution in [0, 0.1) is 10.1 Å². The lowest BCUT2D eigenvalue weighted by molar-refractivity contribution is -0.387. The average Bonchev–Trinajstić information content (AvgIpc) is 3.04. The van der Waals surface area contributed by atoms with Crippen molar-refractivity contribution in [3.8, 4) is 0 Å². The number of aliphatic hydroxyl groups excluding tert-OH is 1. The van der Waals surface area contributed by atoms with Crippen molar-refractivity contribution in [2.24, 2.45) is 0 Å². The van der Waals surface area contributed by atoms with Gasteiger partial charge >= 0.3 is 5.69 Å². The maximum Gasteiger partial charge on any atom is 0.344 e. The van der Waals surface area contributed by atoms with E-state index in [4.69, 9.17) is 0 Å². The quantitative estimate of drug-likeness (QED) is 0.641. The molecule has 2 N–H and O–H groups in total. The molecule has 0 aromatic carbocycles. The largest absolute Gasteiger partial charge is 0.388 e. The van der Waals surface area contributed by atoms with Crippen molar-refractivity contribution >= 4 is 28.8 Å². The lowest BCUT2D eigenvalue weighted by atomic mass is 10.3. The monoisotopic (exact) mass is 328 g/mol. The van der Waals surface area contributed by atoms with Crippen molar-refractivity contribution in [1.82, 2.24) is 14.8 Å². The second kappa shape index (κ2) is 5.28. The SMILES string of the molecule is C[C@@H](O)c1cc([N+](=O)[O-])c(Sc2n[nH]c(=O)n2C2CC2)s1. The van der Waals surface area contributed by atoms with Crippen LogP contribution in [0.4, 0.5) is 5.69 Å². The predicted octanol–water partition coefficient (Wildman–Crippen LogP) is 2.08.